The molecule has 3 aromatic carbocycles. The monoisotopic (exact) mass is 499 g/mol. The summed E-state index contributed by atoms with van der Waals surface area (Å²) in [5, 5.41) is 17.4. The zero-order valence-corrected chi connectivity index (χ0v) is 19.6. The van der Waals surface area contributed by atoms with Crippen molar-refractivity contribution in [2.45, 2.75) is 6.54 Å². The summed E-state index contributed by atoms with van der Waals surface area (Å²) in [6.45, 7) is -0.365. The summed E-state index contributed by atoms with van der Waals surface area (Å²) < 4.78 is 15.5. The molecule has 10 nitrogen and oxygen atoms in total. The lowest BCUT2D eigenvalue weighted by Crippen LogP contribution is -2.21. The maximum Gasteiger partial charge on any atom is 0.341 e. The molecule has 0 bridgehead atoms. The van der Waals surface area contributed by atoms with Gasteiger partial charge in [0.25, 0.3) is 11.6 Å². The number of ether oxygens (including phenoxy) is 3. The minimum atomic E-state index is -0.910. The first-order valence-electron chi connectivity index (χ1n) is 10.3. The Morgan fingerprint density at radius 3 is 2.43 bits per heavy atom. The third-order valence-electron chi connectivity index (χ3n) is 4.88. The van der Waals surface area contributed by atoms with E-state index in [-0.39, 0.29) is 23.5 Å². The van der Waals surface area contributed by atoms with Gasteiger partial charge in [0, 0.05) is 35.5 Å². The highest BCUT2D eigenvalue weighted by Crippen LogP contribution is 2.29. The van der Waals surface area contributed by atoms with Crippen molar-refractivity contribution in [1.82, 2.24) is 0 Å². The highest BCUT2D eigenvalue weighted by molar-refractivity contribution is 6.31. The number of carbonyl (C=O) groups excluding carboxylic acids is 2. The Morgan fingerprint density at radius 1 is 1.00 bits per heavy atom. The summed E-state index contributed by atoms with van der Waals surface area (Å²) in [5.41, 5.74) is 1.01. The standard InChI is InChI=1S/C24H22ClN3O7/c1-33-17-8-10-21(22(12-17)34-2)27-23(29)14-35-24(30)18-11-16(28(31)32)7-9-20(18)26-13-15-5-3-4-6-19(15)25/h3-12,26H,13-14H2,1-2H3,(H,27,29). The largest absolute Gasteiger partial charge is 0.497 e. The Morgan fingerprint density at radius 2 is 1.74 bits per heavy atom. The van der Waals surface area contributed by atoms with Crippen molar-refractivity contribution in [2.24, 2.45) is 0 Å². The number of anilines is 2. The van der Waals surface area contributed by atoms with Gasteiger partial charge in [0.15, 0.2) is 6.61 Å². The number of rotatable bonds is 10. The van der Waals surface area contributed by atoms with Gasteiger partial charge in [-0.05, 0) is 29.8 Å². The van der Waals surface area contributed by atoms with Gasteiger partial charge < -0.3 is 24.8 Å². The topological polar surface area (TPSA) is 129 Å². The highest BCUT2D eigenvalue weighted by Gasteiger charge is 2.20. The molecule has 0 spiro atoms. The number of nitro groups is 1. The Kier molecular flexibility index (Phi) is 8.47. The first-order chi connectivity index (χ1) is 16.8. The van der Waals surface area contributed by atoms with Crippen LogP contribution < -0.4 is 20.1 Å². The number of esters is 1. The number of carbonyl (C=O) groups is 2. The summed E-state index contributed by atoms with van der Waals surface area (Å²) >= 11 is 6.17. The lowest BCUT2D eigenvalue weighted by Gasteiger charge is -2.14. The lowest BCUT2D eigenvalue weighted by molar-refractivity contribution is -0.384. The zero-order valence-electron chi connectivity index (χ0n) is 18.9. The summed E-state index contributed by atoms with van der Waals surface area (Å²) in [5.74, 6) is -0.646. The number of nitro benzene ring substituents is 1. The van der Waals surface area contributed by atoms with Gasteiger partial charge in [-0.15, -0.1) is 0 Å². The molecule has 3 rings (SSSR count). The molecule has 0 fully saturated rings. The molecule has 0 unspecified atom stereocenters. The van der Waals surface area contributed by atoms with E-state index in [1.54, 1.807) is 36.4 Å². The van der Waals surface area contributed by atoms with Gasteiger partial charge in [-0.3, -0.25) is 14.9 Å². The molecule has 1 amide bonds. The van der Waals surface area contributed by atoms with Gasteiger partial charge >= 0.3 is 5.97 Å². The molecule has 0 aliphatic rings. The van der Waals surface area contributed by atoms with Crippen molar-refractivity contribution < 1.29 is 28.7 Å². The van der Waals surface area contributed by atoms with Crippen LogP contribution in [0.5, 0.6) is 11.5 Å². The molecular formula is C24H22ClN3O7. The first kappa shape index (κ1) is 25.3. The van der Waals surface area contributed by atoms with Crippen molar-refractivity contribution in [3.63, 3.8) is 0 Å². The van der Waals surface area contributed by atoms with Crippen molar-refractivity contribution >= 4 is 40.5 Å². The highest BCUT2D eigenvalue weighted by atomic mass is 35.5. The minimum absolute atomic E-state index is 0.0962. The Balaban J connectivity index is 1.71. The molecule has 0 aliphatic carbocycles. The van der Waals surface area contributed by atoms with E-state index < -0.39 is 23.4 Å². The number of nitrogens with zero attached hydrogens (tertiary/aromatic N) is 1. The van der Waals surface area contributed by atoms with Gasteiger partial charge in [-0.25, -0.2) is 4.79 Å². The van der Waals surface area contributed by atoms with Crippen LogP contribution >= 0.6 is 11.6 Å². The molecule has 11 heteroatoms. The van der Waals surface area contributed by atoms with Crippen LogP contribution in [0.2, 0.25) is 5.02 Å². The molecule has 2 N–H and O–H groups in total. The third-order valence-corrected chi connectivity index (χ3v) is 5.25. The van der Waals surface area contributed by atoms with E-state index in [4.69, 9.17) is 25.8 Å². The van der Waals surface area contributed by atoms with Crippen LogP contribution in [0.15, 0.2) is 60.7 Å². The van der Waals surface area contributed by atoms with Gasteiger partial charge in [0.05, 0.1) is 30.4 Å². The Labute approximate surface area is 205 Å². The maximum atomic E-state index is 12.7. The van der Waals surface area contributed by atoms with E-state index in [0.717, 1.165) is 11.6 Å². The SMILES string of the molecule is COc1ccc(NC(=O)COC(=O)c2cc([N+](=O)[O-])ccc2NCc2ccccc2Cl)c(OC)c1. The fourth-order valence-corrected chi connectivity index (χ4v) is 3.30. The Bertz CT molecular complexity index is 1250. The quantitative estimate of drug-likeness (QED) is 0.234. The van der Waals surface area contributed by atoms with E-state index in [1.807, 2.05) is 6.07 Å². The van der Waals surface area contributed by atoms with E-state index in [9.17, 15) is 19.7 Å². The average Bonchev–Trinajstić information content (AvgIpc) is 2.86. The van der Waals surface area contributed by atoms with Gasteiger partial charge in [-0.2, -0.15) is 0 Å². The number of benzene rings is 3. The predicted molar refractivity (Wildman–Crippen MR) is 130 cm³/mol. The smallest absolute Gasteiger partial charge is 0.341 e. The molecule has 0 heterocycles. The third kappa shape index (κ3) is 6.61. The number of hydrogen-bond donors (Lipinski definition) is 2. The number of nitrogens with one attached hydrogen (secondary N) is 2. The molecule has 0 atom stereocenters. The fourth-order valence-electron chi connectivity index (χ4n) is 3.10. The normalized spacial score (nSPS) is 10.3. The van der Waals surface area contributed by atoms with Crippen LogP contribution in [-0.2, 0) is 16.1 Å². The second-order valence-electron chi connectivity index (χ2n) is 7.12. The van der Waals surface area contributed by atoms with Crippen LogP contribution in [0.3, 0.4) is 0 Å². The molecule has 182 valence electrons. The molecule has 0 saturated heterocycles. The number of amides is 1. The molecule has 0 radical (unpaired) electrons. The number of methoxy groups -OCH3 is 2. The summed E-state index contributed by atoms with van der Waals surface area (Å²) in [7, 11) is 2.93. The second-order valence-corrected chi connectivity index (χ2v) is 7.53. The molecule has 0 aromatic heterocycles. The summed E-state index contributed by atoms with van der Waals surface area (Å²) in [6, 6.07) is 15.7. The van der Waals surface area contributed by atoms with Crippen molar-refractivity contribution in [1.29, 1.82) is 0 Å². The Hall–Kier alpha value is -4.31. The summed E-state index contributed by atoms with van der Waals surface area (Å²) in [4.78, 5) is 35.7. The van der Waals surface area contributed by atoms with Gasteiger partial charge in [-0.1, -0.05) is 29.8 Å². The number of hydrogen-bond acceptors (Lipinski definition) is 8. The van der Waals surface area contributed by atoms with Crippen LogP contribution in [0.1, 0.15) is 15.9 Å². The number of non-ortho nitro benzene ring substituents is 1. The van der Waals surface area contributed by atoms with Crippen molar-refractivity contribution in [3.05, 3.63) is 86.9 Å². The predicted octanol–water partition coefficient (Wildman–Crippen LogP) is 4.67. The minimum Gasteiger partial charge on any atom is -0.497 e. The van der Waals surface area contributed by atoms with E-state index in [1.165, 1.54) is 26.4 Å². The van der Waals surface area contributed by atoms with Crippen molar-refractivity contribution in [2.75, 3.05) is 31.5 Å². The molecule has 35 heavy (non-hydrogen) atoms. The second kappa shape index (κ2) is 11.7. The molecular weight excluding hydrogens is 478 g/mol. The van der Waals surface area contributed by atoms with E-state index in [2.05, 4.69) is 10.6 Å². The molecule has 0 saturated carbocycles. The average molecular weight is 500 g/mol. The maximum absolute atomic E-state index is 12.7. The molecule has 3 aromatic rings. The van der Waals surface area contributed by atoms with Crippen LogP contribution in [0, 0.1) is 10.1 Å². The fraction of sp³-hybridized carbons (Fsp3) is 0.167. The first-order valence-corrected chi connectivity index (χ1v) is 10.6. The molecule has 0 aliphatic heterocycles. The lowest BCUT2D eigenvalue weighted by atomic mass is 10.1. The zero-order chi connectivity index (χ0) is 25.4. The van der Waals surface area contributed by atoms with Crippen LogP contribution in [0.4, 0.5) is 17.1 Å². The van der Waals surface area contributed by atoms with Gasteiger partial charge in [0.2, 0.25) is 0 Å². The van der Waals surface area contributed by atoms with Crippen LogP contribution in [-0.4, -0.2) is 37.6 Å². The van der Waals surface area contributed by atoms with E-state index >= 15 is 0 Å². The van der Waals surface area contributed by atoms with Crippen LogP contribution in [0.25, 0.3) is 0 Å². The van der Waals surface area contributed by atoms with E-state index in [0.29, 0.717) is 22.2 Å². The van der Waals surface area contributed by atoms with Crippen molar-refractivity contribution in [3.8, 4) is 11.5 Å². The number of halogens is 1. The van der Waals surface area contributed by atoms with Gasteiger partial charge in [0.1, 0.15) is 11.5 Å². The summed E-state index contributed by atoms with van der Waals surface area (Å²) in [6.07, 6.45) is 0.